The molecular weight excluding hydrogens is 240 g/mol. The first-order chi connectivity index (χ1) is 7.79. The van der Waals surface area contributed by atoms with Gasteiger partial charge in [-0.2, -0.15) is 0 Å². The minimum Gasteiger partial charge on any atom is -0.361 e. The third kappa shape index (κ3) is 2.86. The van der Waals surface area contributed by atoms with Gasteiger partial charge in [0, 0.05) is 11.9 Å². The largest absolute Gasteiger partial charge is 0.361 e. The molecule has 4 heteroatoms. The zero-order valence-electron chi connectivity index (χ0n) is 9.24. The van der Waals surface area contributed by atoms with Crippen molar-refractivity contribution in [2.45, 2.75) is 25.1 Å². The lowest BCUT2D eigenvalue weighted by Crippen LogP contribution is -2.07. The fraction of sp³-hybridized carbons (Fsp3) is 0.417. The van der Waals surface area contributed by atoms with E-state index in [9.17, 15) is 0 Å². The highest BCUT2D eigenvalue weighted by molar-refractivity contribution is 7.22. The molecule has 1 heterocycles. The van der Waals surface area contributed by atoms with Crippen molar-refractivity contribution in [3.8, 4) is 0 Å². The maximum Gasteiger partial charge on any atom is 0.183 e. The van der Waals surface area contributed by atoms with Crippen LogP contribution in [0.1, 0.15) is 19.8 Å². The average molecular weight is 255 g/mol. The van der Waals surface area contributed by atoms with E-state index in [1.54, 1.807) is 11.3 Å². The third-order valence-corrected chi connectivity index (χ3v) is 3.99. The lowest BCUT2D eigenvalue weighted by atomic mass is 10.2. The Hall–Kier alpha value is -0.800. The Morgan fingerprint density at radius 1 is 1.44 bits per heavy atom. The smallest absolute Gasteiger partial charge is 0.183 e. The van der Waals surface area contributed by atoms with E-state index in [4.69, 9.17) is 11.6 Å². The molecule has 0 amide bonds. The summed E-state index contributed by atoms with van der Waals surface area (Å²) in [5.41, 5.74) is 1.06. The van der Waals surface area contributed by atoms with Crippen molar-refractivity contribution in [2.75, 3.05) is 11.9 Å². The quantitative estimate of drug-likeness (QED) is 0.812. The van der Waals surface area contributed by atoms with E-state index in [0.717, 1.165) is 30.0 Å². The lowest BCUT2D eigenvalue weighted by Gasteiger charge is -2.05. The second-order valence-corrected chi connectivity index (χ2v) is 5.36. The maximum absolute atomic E-state index is 6.05. The molecular formula is C12H15ClN2S. The van der Waals surface area contributed by atoms with Gasteiger partial charge in [-0.15, -0.1) is 11.6 Å². The first kappa shape index (κ1) is 11.7. The van der Waals surface area contributed by atoms with Gasteiger partial charge in [-0.25, -0.2) is 4.98 Å². The lowest BCUT2D eigenvalue weighted by molar-refractivity contribution is 0.753. The van der Waals surface area contributed by atoms with Crippen LogP contribution in [0.2, 0.25) is 0 Å². The predicted octanol–water partition coefficient (Wildman–Crippen LogP) is 4.12. The highest BCUT2D eigenvalue weighted by Crippen LogP contribution is 2.25. The van der Waals surface area contributed by atoms with Gasteiger partial charge in [-0.05, 0) is 25.0 Å². The SMILES string of the molecule is CCC(Cl)CCNc1nc2ccccc2s1. The first-order valence-corrected chi connectivity index (χ1v) is 6.78. The van der Waals surface area contributed by atoms with Crippen molar-refractivity contribution < 1.29 is 0 Å². The Labute approximate surface area is 105 Å². The fourth-order valence-corrected chi connectivity index (χ4v) is 2.49. The van der Waals surface area contributed by atoms with E-state index >= 15 is 0 Å². The van der Waals surface area contributed by atoms with Gasteiger partial charge in [0.05, 0.1) is 10.2 Å². The number of para-hydroxylation sites is 1. The van der Waals surface area contributed by atoms with E-state index in [0.29, 0.717) is 0 Å². The Bertz CT molecular complexity index is 422. The van der Waals surface area contributed by atoms with Crippen LogP contribution in [0.25, 0.3) is 10.2 Å². The van der Waals surface area contributed by atoms with E-state index in [1.165, 1.54) is 4.70 Å². The second-order valence-electron chi connectivity index (χ2n) is 3.71. The molecule has 1 aromatic carbocycles. The molecule has 86 valence electrons. The van der Waals surface area contributed by atoms with Crippen molar-refractivity contribution in [1.29, 1.82) is 0 Å². The van der Waals surface area contributed by atoms with Gasteiger partial charge in [-0.1, -0.05) is 30.4 Å². The summed E-state index contributed by atoms with van der Waals surface area (Å²) in [4.78, 5) is 4.50. The molecule has 0 aliphatic carbocycles. The molecule has 0 fully saturated rings. The Kier molecular flexibility index (Phi) is 4.02. The molecule has 2 rings (SSSR count). The molecule has 1 unspecified atom stereocenters. The Morgan fingerprint density at radius 2 is 2.25 bits per heavy atom. The van der Waals surface area contributed by atoms with Crippen molar-refractivity contribution in [1.82, 2.24) is 4.98 Å². The Morgan fingerprint density at radius 3 is 3.00 bits per heavy atom. The first-order valence-electron chi connectivity index (χ1n) is 5.53. The average Bonchev–Trinajstić information content (AvgIpc) is 2.71. The molecule has 2 aromatic rings. The third-order valence-electron chi connectivity index (χ3n) is 2.47. The number of hydrogen-bond donors (Lipinski definition) is 1. The summed E-state index contributed by atoms with van der Waals surface area (Å²) in [5, 5.41) is 4.58. The van der Waals surface area contributed by atoms with Gasteiger partial charge in [0.2, 0.25) is 0 Å². The summed E-state index contributed by atoms with van der Waals surface area (Å²) in [7, 11) is 0. The van der Waals surface area contributed by atoms with Gasteiger partial charge < -0.3 is 5.32 Å². The molecule has 0 saturated heterocycles. The number of rotatable bonds is 5. The van der Waals surface area contributed by atoms with Crippen LogP contribution < -0.4 is 5.32 Å². The van der Waals surface area contributed by atoms with Crippen LogP contribution in [-0.4, -0.2) is 16.9 Å². The highest BCUT2D eigenvalue weighted by Gasteiger charge is 2.04. The topological polar surface area (TPSA) is 24.9 Å². The number of nitrogens with one attached hydrogen (secondary N) is 1. The molecule has 0 saturated carbocycles. The number of alkyl halides is 1. The molecule has 16 heavy (non-hydrogen) atoms. The molecule has 0 aliphatic heterocycles. The van der Waals surface area contributed by atoms with Crippen molar-refractivity contribution in [3.05, 3.63) is 24.3 Å². The van der Waals surface area contributed by atoms with Crippen LogP contribution in [0.3, 0.4) is 0 Å². The number of hydrogen-bond acceptors (Lipinski definition) is 3. The van der Waals surface area contributed by atoms with Crippen molar-refractivity contribution in [2.24, 2.45) is 0 Å². The van der Waals surface area contributed by atoms with E-state index in [2.05, 4.69) is 23.3 Å². The summed E-state index contributed by atoms with van der Waals surface area (Å²) >= 11 is 7.74. The van der Waals surface area contributed by atoms with Crippen LogP contribution >= 0.6 is 22.9 Å². The van der Waals surface area contributed by atoms with Gasteiger partial charge in [0.25, 0.3) is 0 Å². The minimum atomic E-state index is 0.266. The summed E-state index contributed by atoms with van der Waals surface area (Å²) in [6, 6.07) is 8.18. The zero-order valence-corrected chi connectivity index (χ0v) is 10.8. The molecule has 0 spiro atoms. The number of aromatic nitrogens is 1. The summed E-state index contributed by atoms with van der Waals surface area (Å²) in [5.74, 6) is 0. The van der Waals surface area contributed by atoms with Crippen LogP contribution in [0.4, 0.5) is 5.13 Å². The zero-order chi connectivity index (χ0) is 11.4. The van der Waals surface area contributed by atoms with Crippen LogP contribution in [0.5, 0.6) is 0 Å². The second kappa shape index (κ2) is 5.51. The number of nitrogens with zero attached hydrogens (tertiary/aromatic N) is 1. The number of benzene rings is 1. The number of anilines is 1. The minimum absolute atomic E-state index is 0.266. The number of thiazole rings is 1. The monoisotopic (exact) mass is 254 g/mol. The van der Waals surface area contributed by atoms with Crippen molar-refractivity contribution in [3.63, 3.8) is 0 Å². The Balaban J connectivity index is 1.94. The molecule has 0 bridgehead atoms. The van der Waals surface area contributed by atoms with Gasteiger partial charge >= 0.3 is 0 Å². The summed E-state index contributed by atoms with van der Waals surface area (Å²) in [6.07, 6.45) is 2.00. The van der Waals surface area contributed by atoms with Gasteiger partial charge in [0.15, 0.2) is 5.13 Å². The standard InChI is InChI=1S/C12H15ClN2S/c1-2-9(13)7-8-14-12-15-10-5-3-4-6-11(10)16-12/h3-6,9H,2,7-8H2,1H3,(H,14,15). The normalized spacial score (nSPS) is 12.9. The molecule has 2 nitrogen and oxygen atoms in total. The maximum atomic E-state index is 6.05. The highest BCUT2D eigenvalue weighted by atomic mass is 35.5. The van der Waals surface area contributed by atoms with Crippen LogP contribution in [0.15, 0.2) is 24.3 Å². The number of fused-ring (bicyclic) bond motifs is 1. The van der Waals surface area contributed by atoms with E-state index < -0.39 is 0 Å². The van der Waals surface area contributed by atoms with E-state index in [1.807, 2.05) is 18.2 Å². The number of halogens is 1. The molecule has 0 aliphatic rings. The van der Waals surface area contributed by atoms with Crippen molar-refractivity contribution >= 4 is 38.3 Å². The van der Waals surface area contributed by atoms with Gasteiger partial charge in [-0.3, -0.25) is 0 Å². The molecule has 1 N–H and O–H groups in total. The van der Waals surface area contributed by atoms with Crippen LogP contribution in [-0.2, 0) is 0 Å². The summed E-state index contributed by atoms with van der Waals surface area (Å²) < 4.78 is 1.22. The van der Waals surface area contributed by atoms with Gasteiger partial charge in [0.1, 0.15) is 0 Å². The van der Waals surface area contributed by atoms with Crippen LogP contribution in [0, 0.1) is 0 Å². The molecule has 0 radical (unpaired) electrons. The molecule has 1 atom stereocenters. The fourth-order valence-electron chi connectivity index (χ4n) is 1.49. The summed E-state index contributed by atoms with van der Waals surface area (Å²) in [6.45, 7) is 3.00. The van der Waals surface area contributed by atoms with E-state index in [-0.39, 0.29) is 5.38 Å². The predicted molar refractivity (Wildman–Crippen MR) is 72.7 cm³/mol. The molecule has 1 aromatic heterocycles.